The molecule has 3 rings (SSSR count). The zero-order valence-corrected chi connectivity index (χ0v) is 15.4. The summed E-state index contributed by atoms with van der Waals surface area (Å²) in [5, 5.41) is 9.31. The highest BCUT2D eigenvalue weighted by Gasteiger charge is 2.28. The van der Waals surface area contributed by atoms with Crippen molar-refractivity contribution < 1.29 is 9.84 Å². The van der Waals surface area contributed by atoms with Gasteiger partial charge in [0.25, 0.3) is 0 Å². The van der Waals surface area contributed by atoms with Crippen LogP contribution in [0.2, 0.25) is 0 Å². The van der Waals surface area contributed by atoms with Gasteiger partial charge in [0.15, 0.2) is 0 Å². The van der Waals surface area contributed by atoms with Gasteiger partial charge in [0.05, 0.1) is 7.11 Å². The number of benzene rings is 1. The van der Waals surface area contributed by atoms with E-state index < -0.39 is 0 Å². The first kappa shape index (κ1) is 18.4. The van der Waals surface area contributed by atoms with Crippen molar-refractivity contribution >= 4 is 6.08 Å². The molecule has 4 heteroatoms. The molecule has 1 N–H and O–H groups in total. The average molecular weight is 344 g/mol. The van der Waals surface area contributed by atoms with E-state index in [-0.39, 0.29) is 0 Å². The Morgan fingerprint density at radius 3 is 2.72 bits per heavy atom. The van der Waals surface area contributed by atoms with Crippen LogP contribution in [0.25, 0.3) is 6.08 Å². The Bertz CT molecular complexity index is 553. The molecule has 1 aromatic rings. The summed E-state index contributed by atoms with van der Waals surface area (Å²) < 4.78 is 5.41. The molecule has 0 bridgehead atoms. The molecule has 0 spiro atoms. The molecule has 2 heterocycles. The topological polar surface area (TPSA) is 35.9 Å². The summed E-state index contributed by atoms with van der Waals surface area (Å²) in [4.78, 5) is 5.22. The van der Waals surface area contributed by atoms with E-state index in [0.29, 0.717) is 18.6 Å². The van der Waals surface area contributed by atoms with Gasteiger partial charge in [0, 0.05) is 31.3 Å². The summed E-state index contributed by atoms with van der Waals surface area (Å²) >= 11 is 0. The molecule has 2 fully saturated rings. The van der Waals surface area contributed by atoms with E-state index in [9.17, 15) is 5.11 Å². The lowest BCUT2D eigenvalue weighted by Crippen LogP contribution is -2.50. The number of hydrogen-bond donors (Lipinski definition) is 1. The minimum Gasteiger partial charge on any atom is -0.496 e. The van der Waals surface area contributed by atoms with Crippen LogP contribution in [0, 0.1) is 5.92 Å². The van der Waals surface area contributed by atoms with Gasteiger partial charge in [0.1, 0.15) is 5.75 Å². The first-order chi connectivity index (χ1) is 12.3. The molecular formula is C21H32N2O2. The van der Waals surface area contributed by atoms with E-state index in [2.05, 4.69) is 34.1 Å². The van der Waals surface area contributed by atoms with E-state index in [0.717, 1.165) is 43.8 Å². The number of rotatable bonds is 6. The molecule has 1 atom stereocenters. The molecule has 2 aliphatic rings. The molecule has 2 saturated heterocycles. The van der Waals surface area contributed by atoms with Crippen molar-refractivity contribution in [3.8, 4) is 5.75 Å². The van der Waals surface area contributed by atoms with Crippen molar-refractivity contribution in [2.45, 2.75) is 31.7 Å². The fourth-order valence-corrected chi connectivity index (χ4v) is 4.13. The zero-order valence-electron chi connectivity index (χ0n) is 15.4. The Morgan fingerprint density at radius 2 is 1.96 bits per heavy atom. The summed E-state index contributed by atoms with van der Waals surface area (Å²) in [5.41, 5.74) is 1.14. The van der Waals surface area contributed by atoms with Gasteiger partial charge in [-0.05, 0) is 57.3 Å². The maximum absolute atomic E-state index is 9.31. The fourth-order valence-electron chi connectivity index (χ4n) is 4.13. The molecule has 0 saturated carbocycles. The molecule has 2 aliphatic heterocycles. The lowest BCUT2D eigenvalue weighted by atomic mass is 9.94. The fraction of sp³-hybridized carbons (Fsp3) is 0.619. The standard InChI is InChI=1S/C21H32N2O2/c1-25-21-9-3-2-6-19(21)7-4-12-22-13-5-8-20(16-22)23-14-10-18(17-24)11-15-23/h2-4,6-7,9,18,20,24H,5,8,10-17H2,1H3/b7-4+/t20-/m0/s1. The van der Waals surface area contributed by atoms with Crippen LogP contribution < -0.4 is 4.74 Å². The van der Waals surface area contributed by atoms with Crippen LogP contribution in [0.1, 0.15) is 31.2 Å². The molecule has 0 unspecified atom stereocenters. The first-order valence-corrected chi connectivity index (χ1v) is 9.67. The van der Waals surface area contributed by atoms with Crippen LogP contribution in [-0.2, 0) is 0 Å². The van der Waals surface area contributed by atoms with Gasteiger partial charge in [-0.2, -0.15) is 0 Å². The molecule has 0 aromatic heterocycles. The van der Waals surface area contributed by atoms with Gasteiger partial charge in [0.2, 0.25) is 0 Å². The third kappa shape index (κ3) is 5.06. The number of para-hydroxylation sites is 1. The SMILES string of the molecule is COc1ccccc1/C=C/CN1CCC[C@H](N2CCC(CO)CC2)C1. The van der Waals surface area contributed by atoms with Crippen molar-refractivity contribution in [3.05, 3.63) is 35.9 Å². The Hall–Kier alpha value is -1.36. The Labute approximate surface area is 152 Å². The van der Waals surface area contributed by atoms with E-state index in [1.807, 2.05) is 12.1 Å². The lowest BCUT2D eigenvalue weighted by molar-refractivity contribution is 0.0603. The normalized spacial score (nSPS) is 24.0. The van der Waals surface area contributed by atoms with Gasteiger partial charge in [-0.15, -0.1) is 0 Å². The van der Waals surface area contributed by atoms with Gasteiger partial charge < -0.3 is 9.84 Å². The number of nitrogens with zero attached hydrogens (tertiary/aromatic N) is 2. The van der Waals surface area contributed by atoms with Crippen molar-refractivity contribution in [1.29, 1.82) is 0 Å². The van der Waals surface area contributed by atoms with E-state index in [1.165, 1.54) is 25.9 Å². The zero-order chi connectivity index (χ0) is 17.5. The molecule has 1 aromatic carbocycles. The van der Waals surface area contributed by atoms with Crippen LogP contribution in [-0.4, -0.2) is 67.4 Å². The van der Waals surface area contributed by atoms with Crippen LogP contribution in [0.3, 0.4) is 0 Å². The van der Waals surface area contributed by atoms with Gasteiger partial charge in [-0.3, -0.25) is 9.80 Å². The number of ether oxygens (including phenoxy) is 1. The Kier molecular flexibility index (Phi) is 6.91. The summed E-state index contributed by atoms with van der Waals surface area (Å²) in [7, 11) is 1.72. The van der Waals surface area contributed by atoms with Gasteiger partial charge in [-0.25, -0.2) is 0 Å². The number of piperidine rings is 2. The van der Waals surface area contributed by atoms with Crippen molar-refractivity contribution in [2.75, 3.05) is 46.4 Å². The lowest BCUT2D eigenvalue weighted by Gasteiger charge is -2.42. The quantitative estimate of drug-likeness (QED) is 0.861. The third-order valence-corrected chi connectivity index (χ3v) is 5.70. The van der Waals surface area contributed by atoms with E-state index in [4.69, 9.17) is 4.74 Å². The molecule has 0 radical (unpaired) electrons. The minimum absolute atomic E-state index is 0.359. The maximum atomic E-state index is 9.31. The highest BCUT2D eigenvalue weighted by Crippen LogP contribution is 2.23. The van der Waals surface area contributed by atoms with E-state index in [1.54, 1.807) is 7.11 Å². The monoisotopic (exact) mass is 344 g/mol. The minimum atomic E-state index is 0.359. The van der Waals surface area contributed by atoms with Gasteiger partial charge >= 0.3 is 0 Å². The van der Waals surface area contributed by atoms with Gasteiger partial charge in [-0.1, -0.05) is 30.4 Å². The summed E-state index contributed by atoms with van der Waals surface area (Å²) in [6, 6.07) is 8.85. The number of hydrogen-bond acceptors (Lipinski definition) is 4. The molecule has 138 valence electrons. The molecule has 25 heavy (non-hydrogen) atoms. The van der Waals surface area contributed by atoms with Crippen molar-refractivity contribution in [1.82, 2.24) is 9.80 Å². The average Bonchev–Trinajstić information content (AvgIpc) is 2.69. The van der Waals surface area contributed by atoms with Crippen LogP contribution in [0.15, 0.2) is 30.3 Å². The number of aliphatic hydroxyl groups excluding tert-OH is 1. The Balaban J connectivity index is 1.49. The second-order valence-electron chi connectivity index (χ2n) is 7.36. The predicted octanol–water partition coefficient (Wildman–Crippen LogP) is 2.88. The summed E-state index contributed by atoms with van der Waals surface area (Å²) in [6.07, 6.45) is 9.35. The highest BCUT2D eigenvalue weighted by molar-refractivity contribution is 5.57. The largest absolute Gasteiger partial charge is 0.496 e. The smallest absolute Gasteiger partial charge is 0.126 e. The summed E-state index contributed by atoms with van der Waals surface area (Å²) in [6.45, 7) is 6.03. The predicted molar refractivity (Wildman–Crippen MR) is 103 cm³/mol. The molecule has 4 nitrogen and oxygen atoms in total. The third-order valence-electron chi connectivity index (χ3n) is 5.70. The molecule has 0 aliphatic carbocycles. The van der Waals surface area contributed by atoms with Crippen molar-refractivity contribution in [3.63, 3.8) is 0 Å². The number of methoxy groups -OCH3 is 1. The van der Waals surface area contributed by atoms with Crippen LogP contribution >= 0.6 is 0 Å². The number of likely N-dealkylation sites (tertiary alicyclic amines) is 2. The summed E-state index contributed by atoms with van der Waals surface area (Å²) in [5.74, 6) is 1.46. The highest BCUT2D eigenvalue weighted by atomic mass is 16.5. The second kappa shape index (κ2) is 9.37. The Morgan fingerprint density at radius 1 is 1.16 bits per heavy atom. The first-order valence-electron chi connectivity index (χ1n) is 9.67. The maximum Gasteiger partial charge on any atom is 0.126 e. The van der Waals surface area contributed by atoms with Crippen LogP contribution in [0.5, 0.6) is 5.75 Å². The molecular weight excluding hydrogens is 312 g/mol. The number of aliphatic hydroxyl groups is 1. The van der Waals surface area contributed by atoms with Crippen LogP contribution in [0.4, 0.5) is 0 Å². The second-order valence-corrected chi connectivity index (χ2v) is 7.36. The van der Waals surface area contributed by atoms with Crippen molar-refractivity contribution in [2.24, 2.45) is 5.92 Å². The van der Waals surface area contributed by atoms with E-state index >= 15 is 0 Å². The molecule has 0 amide bonds.